The van der Waals surface area contributed by atoms with Crippen molar-refractivity contribution in [2.24, 2.45) is 11.8 Å². The number of fused-ring (bicyclic) bond motifs is 2. The van der Waals surface area contributed by atoms with Crippen LogP contribution in [0.2, 0.25) is 0 Å². The molecule has 0 N–H and O–H groups in total. The van der Waals surface area contributed by atoms with Gasteiger partial charge in [-0.1, -0.05) is 23.3 Å². The maximum Gasteiger partial charge on any atom is 0.331 e. The van der Waals surface area contributed by atoms with Gasteiger partial charge >= 0.3 is 11.9 Å². The predicted molar refractivity (Wildman–Crippen MR) is 119 cm³/mol. The first kappa shape index (κ1) is 22.2. The molecule has 6 nitrogen and oxygen atoms in total. The summed E-state index contributed by atoms with van der Waals surface area (Å²) in [6, 6.07) is 0. The summed E-state index contributed by atoms with van der Waals surface area (Å²) in [7, 11) is 0. The first-order valence-electron chi connectivity index (χ1n) is 11.3. The molecule has 0 aromatic carbocycles. The number of allylic oxidation sites excluding steroid dienone is 2. The van der Waals surface area contributed by atoms with Gasteiger partial charge in [0.15, 0.2) is 0 Å². The summed E-state index contributed by atoms with van der Waals surface area (Å²) in [5.41, 5.74) is 2.04. The van der Waals surface area contributed by atoms with E-state index >= 15 is 0 Å². The van der Waals surface area contributed by atoms with Gasteiger partial charge in [-0.3, -0.25) is 0 Å². The Morgan fingerprint density at radius 3 is 1.59 bits per heavy atom. The molecule has 0 aromatic heterocycles. The fourth-order valence-corrected chi connectivity index (χ4v) is 4.33. The second-order valence-electron chi connectivity index (χ2n) is 8.60. The summed E-state index contributed by atoms with van der Waals surface area (Å²) in [6.45, 7) is 5.16. The lowest BCUT2D eigenvalue weighted by Gasteiger charge is -2.29. The average molecular weight is 439 g/mol. The highest BCUT2D eigenvalue weighted by atomic mass is 16.6. The van der Waals surface area contributed by atoms with Crippen LogP contribution in [0.4, 0.5) is 0 Å². The third-order valence-corrected chi connectivity index (χ3v) is 6.12. The van der Waals surface area contributed by atoms with E-state index in [-0.39, 0.29) is 36.0 Å². The van der Waals surface area contributed by atoms with Gasteiger partial charge < -0.3 is 18.9 Å². The summed E-state index contributed by atoms with van der Waals surface area (Å²) >= 11 is 0. The molecule has 0 fully saturated rings. The molecule has 2 heterocycles. The summed E-state index contributed by atoms with van der Waals surface area (Å²) in [4.78, 5) is 23.2. The standard InChI is InChI=1S/C26H30O6/c1-17-13-25(27)31-23-15-19(7-9-21(17)23)29-11-5-3-4-6-12-30-20-8-10-22-18(2)14-26(28)32-24(22)16-20/h7-10,13-16,21-24H,3-6,11-12H2,1-2H3. The van der Waals surface area contributed by atoms with Crippen LogP contribution in [-0.4, -0.2) is 37.4 Å². The van der Waals surface area contributed by atoms with Crippen LogP contribution in [0.3, 0.4) is 0 Å². The Kier molecular flexibility index (Phi) is 6.98. The summed E-state index contributed by atoms with van der Waals surface area (Å²) in [5, 5.41) is 0. The number of hydrogen-bond donors (Lipinski definition) is 0. The molecule has 4 atom stereocenters. The van der Waals surface area contributed by atoms with Crippen molar-refractivity contribution in [1.29, 1.82) is 0 Å². The number of rotatable bonds is 9. The van der Waals surface area contributed by atoms with E-state index < -0.39 is 0 Å². The Hall–Kier alpha value is -3.02. The van der Waals surface area contributed by atoms with Gasteiger partial charge in [-0.15, -0.1) is 0 Å². The Morgan fingerprint density at radius 1 is 0.719 bits per heavy atom. The molecule has 0 saturated carbocycles. The Balaban J connectivity index is 1.09. The first-order chi connectivity index (χ1) is 15.5. The highest BCUT2D eigenvalue weighted by Gasteiger charge is 2.31. The molecule has 0 spiro atoms. The predicted octanol–water partition coefficient (Wildman–Crippen LogP) is 4.46. The molecule has 4 rings (SSSR count). The molecule has 4 aliphatic rings. The normalized spacial score (nSPS) is 28.3. The molecule has 2 aliphatic carbocycles. The molecule has 0 aromatic rings. The van der Waals surface area contributed by atoms with Crippen molar-refractivity contribution >= 4 is 11.9 Å². The topological polar surface area (TPSA) is 71.1 Å². The minimum atomic E-state index is -0.289. The van der Waals surface area contributed by atoms with Crippen molar-refractivity contribution < 1.29 is 28.5 Å². The number of unbranched alkanes of at least 4 members (excludes halogenated alkanes) is 3. The fraction of sp³-hybridized carbons (Fsp3) is 0.462. The van der Waals surface area contributed by atoms with Gasteiger partial charge in [0, 0.05) is 24.0 Å². The second-order valence-corrected chi connectivity index (χ2v) is 8.60. The van der Waals surface area contributed by atoms with E-state index in [2.05, 4.69) is 0 Å². The zero-order chi connectivity index (χ0) is 22.5. The van der Waals surface area contributed by atoms with Gasteiger partial charge in [0.1, 0.15) is 23.7 Å². The molecule has 6 heteroatoms. The minimum Gasteiger partial charge on any atom is -0.494 e. The molecular formula is C26H30O6. The molecule has 0 radical (unpaired) electrons. The van der Waals surface area contributed by atoms with Gasteiger partial charge in [0.2, 0.25) is 0 Å². The van der Waals surface area contributed by atoms with Crippen molar-refractivity contribution in [1.82, 2.24) is 0 Å². The van der Waals surface area contributed by atoms with Gasteiger partial charge in [-0.05, 0) is 63.8 Å². The van der Waals surface area contributed by atoms with Crippen LogP contribution in [0.15, 0.2) is 71.3 Å². The quantitative estimate of drug-likeness (QED) is 0.391. The maximum absolute atomic E-state index is 11.6. The molecule has 4 unspecified atom stereocenters. The molecule has 0 amide bonds. The lowest BCUT2D eigenvalue weighted by Crippen LogP contribution is -2.31. The summed E-state index contributed by atoms with van der Waals surface area (Å²) in [5.74, 6) is 1.18. The largest absolute Gasteiger partial charge is 0.494 e. The second kappa shape index (κ2) is 10.1. The van der Waals surface area contributed by atoms with Crippen LogP contribution in [-0.2, 0) is 28.5 Å². The number of ether oxygens (including phenoxy) is 4. The number of hydrogen-bond acceptors (Lipinski definition) is 6. The first-order valence-corrected chi connectivity index (χ1v) is 11.3. The zero-order valence-corrected chi connectivity index (χ0v) is 18.6. The number of carbonyl (C=O) groups excluding carboxylic acids is 2. The van der Waals surface area contributed by atoms with Crippen LogP contribution in [0.1, 0.15) is 39.5 Å². The van der Waals surface area contributed by atoms with Crippen LogP contribution in [0, 0.1) is 11.8 Å². The molecular weight excluding hydrogens is 408 g/mol. The molecule has 0 bridgehead atoms. The lowest BCUT2D eigenvalue weighted by molar-refractivity contribution is -0.144. The SMILES string of the molecule is CC1=CC(=O)OC2C=C(OCCCCCCOC3=CC4OC(=O)C=C(C)C4C=C3)C=CC12. The van der Waals surface area contributed by atoms with E-state index in [1.54, 1.807) is 12.2 Å². The van der Waals surface area contributed by atoms with Crippen LogP contribution < -0.4 is 0 Å². The van der Waals surface area contributed by atoms with Crippen molar-refractivity contribution in [3.63, 3.8) is 0 Å². The monoisotopic (exact) mass is 438 g/mol. The Morgan fingerprint density at radius 2 is 1.16 bits per heavy atom. The maximum atomic E-state index is 11.6. The van der Waals surface area contributed by atoms with E-state index in [0.29, 0.717) is 13.2 Å². The smallest absolute Gasteiger partial charge is 0.331 e. The molecule has 32 heavy (non-hydrogen) atoms. The Labute approximate surface area is 188 Å². The Bertz CT molecular complexity index is 856. The average Bonchev–Trinajstić information content (AvgIpc) is 2.74. The van der Waals surface area contributed by atoms with Gasteiger partial charge in [-0.2, -0.15) is 0 Å². The van der Waals surface area contributed by atoms with E-state index in [1.165, 1.54) is 0 Å². The van der Waals surface area contributed by atoms with Crippen molar-refractivity contribution in [2.45, 2.75) is 51.7 Å². The third-order valence-electron chi connectivity index (χ3n) is 6.12. The summed E-state index contributed by atoms with van der Waals surface area (Å²) in [6.07, 6.45) is 18.4. The minimum absolute atomic E-state index is 0.116. The molecule has 2 aliphatic heterocycles. The van der Waals surface area contributed by atoms with Gasteiger partial charge in [0.05, 0.1) is 13.2 Å². The number of carbonyl (C=O) groups is 2. The van der Waals surface area contributed by atoms with Crippen LogP contribution in [0.25, 0.3) is 0 Å². The third kappa shape index (κ3) is 5.42. The van der Waals surface area contributed by atoms with Crippen molar-refractivity contribution in [3.05, 3.63) is 71.3 Å². The zero-order valence-electron chi connectivity index (χ0n) is 18.6. The van der Waals surface area contributed by atoms with E-state index in [4.69, 9.17) is 18.9 Å². The highest BCUT2D eigenvalue weighted by Crippen LogP contribution is 2.31. The van der Waals surface area contributed by atoms with Crippen molar-refractivity contribution in [3.8, 4) is 0 Å². The van der Waals surface area contributed by atoms with Crippen LogP contribution >= 0.6 is 0 Å². The number of esters is 2. The highest BCUT2D eigenvalue weighted by molar-refractivity contribution is 5.85. The van der Waals surface area contributed by atoms with Crippen LogP contribution in [0.5, 0.6) is 0 Å². The van der Waals surface area contributed by atoms with E-state index in [9.17, 15) is 9.59 Å². The van der Waals surface area contributed by atoms with Crippen molar-refractivity contribution in [2.75, 3.05) is 13.2 Å². The lowest BCUT2D eigenvalue weighted by atomic mass is 9.88. The fourth-order valence-electron chi connectivity index (χ4n) is 4.33. The van der Waals surface area contributed by atoms with E-state index in [0.717, 1.165) is 48.3 Å². The van der Waals surface area contributed by atoms with Gasteiger partial charge in [-0.25, -0.2) is 9.59 Å². The molecule has 0 saturated heterocycles. The molecule has 170 valence electrons. The summed E-state index contributed by atoms with van der Waals surface area (Å²) < 4.78 is 22.4. The van der Waals surface area contributed by atoms with Gasteiger partial charge in [0.25, 0.3) is 0 Å². The van der Waals surface area contributed by atoms with E-state index in [1.807, 2.05) is 50.3 Å².